The molecular weight excluding hydrogens is 1270 g/mol. The van der Waals surface area contributed by atoms with E-state index in [1.54, 1.807) is 0 Å². The Balaban J connectivity index is 4.10. The van der Waals surface area contributed by atoms with E-state index >= 15 is 0 Å². The van der Waals surface area contributed by atoms with E-state index in [1.807, 2.05) is 21.1 Å². The van der Waals surface area contributed by atoms with E-state index in [-0.39, 0.29) is 38.6 Å². The van der Waals surface area contributed by atoms with Crippen LogP contribution in [0.15, 0.2) is 207 Å². The Labute approximate surface area is 633 Å². The molecule has 0 heterocycles. The number of unbranched alkanes of at least 4 members (excludes halogenated alkanes) is 25. The van der Waals surface area contributed by atoms with Gasteiger partial charge in [-0.25, -0.2) is 0 Å². The molecule has 0 aromatic heterocycles. The van der Waals surface area contributed by atoms with Crippen LogP contribution in [0.1, 0.15) is 309 Å². The van der Waals surface area contributed by atoms with Crippen molar-refractivity contribution in [1.29, 1.82) is 0 Å². The second-order valence-electron chi connectivity index (χ2n) is 27.9. The summed E-state index contributed by atoms with van der Waals surface area (Å²) in [5, 5.41) is 11.9. The molecule has 0 saturated heterocycles. The lowest BCUT2D eigenvalue weighted by Crippen LogP contribution is -2.44. The molecule has 0 aliphatic rings. The normalized spacial score (nSPS) is 13.8. The van der Waals surface area contributed by atoms with Crippen LogP contribution < -0.4 is 5.11 Å². The minimum Gasteiger partial charge on any atom is -0.545 e. The van der Waals surface area contributed by atoms with E-state index in [1.165, 1.54) is 122 Å². The Morgan fingerprint density at radius 3 is 0.777 bits per heavy atom. The molecule has 0 aromatic rings. The first-order chi connectivity index (χ1) is 50.6. The molecule has 103 heavy (non-hydrogen) atoms. The van der Waals surface area contributed by atoms with Crippen molar-refractivity contribution in [3.8, 4) is 0 Å². The van der Waals surface area contributed by atoms with E-state index in [4.69, 9.17) is 18.9 Å². The van der Waals surface area contributed by atoms with Crippen molar-refractivity contribution in [3.05, 3.63) is 207 Å². The zero-order chi connectivity index (χ0) is 74.6. The number of carboxylic acids is 1. The first-order valence-corrected chi connectivity index (χ1v) is 41.2. The van der Waals surface area contributed by atoms with Gasteiger partial charge in [-0.2, -0.15) is 0 Å². The van der Waals surface area contributed by atoms with E-state index in [2.05, 4.69) is 220 Å². The molecule has 0 aliphatic carbocycles. The average molecular weight is 1420 g/mol. The summed E-state index contributed by atoms with van der Waals surface area (Å²) in [7, 11) is 5.93. The van der Waals surface area contributed by atoms with Gasteiger partial charge in [-0.15, -0.1) is 0 Å². The van der Waals surface area contributed by atoms with Gasteiger partial charge >= 0.3 is 11.9 Å². The van der Waals surface area contributed by atoms with Crippen molar-refractivity contribution in [2.45, 2.75) is 322 Å². The Morgan fingerprint density at radius 2 is 0.524 bits per heavy atom. The number of carbonyl (C=O) groups is 3. The summed E-state index contributed by atoms with van der Waals surface area (Å²) in [4.78, 5) is 37.7. The number of likely N-dealkylation sites (N-methyl/N-ethyl adjacent to an activating group) is 1. The zero-order valence-electron chi connectivity index (χ0n) is 66.4. The third-order valence-electron chi connectivity index (χ3n) is 17.0. The highest BCUT2D eigenvalue weighted by Gasteiger charge is 2.22. The van der Waals surface area contributed by atoms with Gasteiger partial charge in [-0.1, -0.05) is 355 Å². The van der Waals surface area contributed by atoms with Gasteiger partial charge < -0.3 is 33.3 Å². The summed E-state index contributed by atoms with van der Waals surface area (Å²) < 4.78 is 22.9. The lowest BCUT2D eigenvalue weighted by Gasteiger charge is -2.26. The van der Waals surface area contributed by atoms with E-state index in [0.29, 0.717) is 17.4 Å². The van der Waals surface area contributed by atoms with Crippen molar-refractivity contribution < 1.29 is 42.9 Å². The van der Waals surface area contributed by atoms with E-state index in [0.717, 1.165) is 154 Å². The number of allylic oxidation sites excluding steroid dienone is 34. The van der Waals surface area contributed by atoms with Gasteiger partial charge in [0.25, 0.3) is 0 Å². The molecule has 580 valence electrons. The van der Waals surface area contributed by atoms with Crippen LogP contribution in [-0.4, -0.2) is 82.3 Å². The summed E-state index contributed by atoms with van der Waals surface area (Å²) >= 11 is 0. The number of carboxylic acid groups (broad SMARTS) is 1. The number of carbonyl (C=O) groups excluding carboxylic acids is 3. The minimum absolute atomic E-state index is 0.139. The molecular formula is C94H151NO8. The van der Waals surface area contributed by atoms with Gasteiger partial charge in [-0.3, -0.25) is 9.59 Å². The predicted octanol–water partition coefficient (Wildman–Crippen LogP) is 25.7. The minimum atomic E-state index is -1.63. The Kier molecular flexibility index (Phi) is 76.7. The van der Waals surface area contributed by atoms with Crippen molar-refractivity contribution in [1.82, 2.24) is 0 Å². The highest BCUT2D eigenvalue weighted by molar-refractivity contribution is 5.70. The molecule has 0 N–H and O–H groups in total. The topological polar surface area (TPSA) is 111 Å². The Morgan fingerprint density at radius 1 is 0.291 bits per heavy atom. The molecule has 9 heteroatoms. The van der Waals surface area contributed by atoms with Crippen LogP contribution in [-0.2, 0) is 33.3 Å². The number of hydrogen-bond acceptors (Lipinski definition) is 8. The predicted molar refractivity (Wildman–Crippen MR) is 444 cm³/mol. The molecule has 2 unspecified atom stereocenters. The Hall–Kier alpha value is -6.13. The maximum Gasteiger partial charge on any atom is 0.306 e. The molecule has 0 saturated carbocycles. The van der Waals surface area contributed by atoms with Crippen LogP contribution in [0.5, 0.6) is 0 Å². The highest BCUT2D eigenvalue weighted by atomic mass is 16.7. The van der Waals surface area contributed by atoms with Crippen molar-refractivity contribution in [2.75, 3.05) is 47.5 Å². The zero-order valence-corrected chi connectivity index (χ0v) is 66.4. The van der Waals surface area contributed by atoms with Gasteiger partial charge in [0.1, 0.15) is 13.2 Å². The molecule has 0 radical (unpaired) electrons. The second kappa shape index (κ2) is 81.5. The number of nitrogens with zero attached hydrogens (tertiary/aromatic N) is 1. The Bertz CT molecular complexity index is 2460. The van der Waals surface area contributed by atoms with Crippen molar-refractivity contribution >= 4 is 17.9 Å². The summed E-state index contributed by atoms with van der Waals surface area (Å²) in [6.07, 6.45) is 124. The van der Waals surface area contributed by atoms with E-state index in [9.17, 15) is 19.5 Å². The third-order valence-corrected chi connectivity index (χ3v) is 17.0. The summed E-state index contributed by atoms with van der Waals surface area (Å²) in [6.45, 7) is 4.51. The van der Waals surface area contributed by atoms with Gasteiger partial charge in [0, 0.05) is 12.8 Å². The number of esters is 2. The summed E-state index contributed by atoms with van der Waals surface area (Å²) in [5.41, 5.74) is 0. The second-order valence-corrected chi connectivity index (χ2v) is 27.9. The molecule has 0 aromatic carbocycles. The third kappa shape index (κ3) is 83.0. The largest absolute Gasteiger partial charge is 0.545 e. The quantitative estimate of drug-likeness (QED) is 0.0195. The van der Waals surface area contributed by atoms with Crippen LogP contribution in [0, 0.1) is 0 Å². The molecule has 2 atom stereocenters. The number of hydrogen-bond donors (Lipinski definition) is 0. The first kappa shape index (κ1) is 96.9. The first-order valence-electron chi connectivity index (χ1n) is 41.2. The average Bonchev–Trinajstić information content (AvgIpc) is 1.01. The lowest BCUT2D eigenvalue weighted by atomic mass is 10.0. The SMILES string of the molecule is CC/C=C\C/C=C\C/C=C\C/C=C\C/C=C\C/C=C\C/C=C\C/C=C\C/C=C\CCCCCCCCCCCCCCCC(=O)OC(COC(=O)CCCCCCCCCCCCCC/C=C\C/C=C\C/C=C\C/C=C\C/C=C\C/C=C\C/C=C\C/C=C\CC)COC(OCC[N+](C)(C)C)C(=O)[O-]. The maximum absolute atomic E-state index is 13.0. The molecule has 0 fully saturated rings. The number of ether oxygens (including phenoxy) is 4. The molecule has 0 rings (SSSR count). The fourth-order valence-electron chi connectivity index (χ4n) is 10.8. The van der Waals surface area contributed by atoms with Crippen molar-refractivity contribution in [2.24, 2.45) is 0 Å². The smallest absolute Gasteiger partial charge is 0.306 e. The molecule has 0 amide bonds. The van der Waals surface area contributed by atoms with E-state index < -0.39 is 24.3 Å². The lowest BCUT2D eigenvalue weighted by molar-refractivity contribution is -0.870. The number of rotatable bonds is 74. The maximum atomic E-state index is 13.0. The fourth-order valence-corrected chi connectivity index (χ4v) is 10.8. The van der Waals surface area contributed by atoms with Crippen LogP contribution in [0.2, 0.25) is 0 Å². The van der Waals surface area contributed by atoms with Gasteiger partial charge in [0.05, 0.1) is 40.3 Å². The number of quaternary nitrogens is 1. The summed E-state index contributed by atoms with van der Waals surface area (Å²) in [5.74, 6) is -2.29. The van der Waals surface area contributed by atoms with Crippen LogP contribution in [0.3, 0.4) is 0 Å². The molecule has 9 nitrogen and oxygen atoms in total. The molecule has 0 bridgehead atoms. The molecule has 0 aliphatic heterocycles. The standard InChI is InChI=1S/C94H151NO8/c1-6-8-10-12-14-16-18-20-22-24-26-28-30-32-34-36-38-40-42-44-45-46-47-49-51-53-55-57-59-61-63-65-67-69-71-73-75-77-79-81-83-85-92(97)103-90(89-102-94(93(98)99)100-87-86-95(3,4)5)88-101-91(96)84-82-80-78-76-74-72-70-68-66-64-62-60-58-56-54-52-50-48-43-41-39-37-35-33-31-29-27-25-23-21-19-17-15-13-11-9-7-2/h8-11,14-17,20-23,26-29,32-35,38-41,44-45,47-50,53-56,90,94H,6-7,12-13,18-19,24-25,30-31,36-37,42-43,46,51-52,57-89H2,1-5H3/b10-8-,11-9-,16-14-,17-15-,22-20-,23-21-,28-26-,29-27-,34-32-,35-33-,40-38-,41-39-,45-44-,49-47-,50-48-,55-53-,56-54-. The van der Waals surface area contributed by atoms with Gasteiger partial charge in [0.2, 0.25) is 0 Å². The van der Waals surface area contributed by atoms with Crippen molar-refractivity contribution in [3.63, 3.8) is 0 Å². The molecule has 0 spiro atoms. The number of aliphatic carboxylic acids is 1. The summed E-state index contributed by atoms with van der Waals surface area (Å²) in [6, 6.07) is 0. The fraction of sp³-hybridized carbons (Fsp3) is 0.606. The van der Waals surface area contributed by atoms with Crippen LogP contribution in [0.25, 0.3) is 0 Å². The van der Waals surface area contributed by atoms with Crippen LogP contribution >= 0.6 is 0 Å². The van der Waals surface area contributed by atoms with Gasteiger partial charge in [0.15, 0.2) is 12.4 Å². The highest BCUT2D eigenvalue weighted by Crippen LogP contribution is 2.17. The van der Waals surface area contributed by atoms with Gasteiger partial charge in [-0.05, 0) is 148 Å². The monoisotopic (exact) mass is 1420 g/mol. The van der Waals surface area contributed by atoms with Crippen LogP contribution in [0.4, 0.5) is 0 Å².